The number of aromatic nitrogens is 4. The number of ether oxygens (including phenoxy) is 1. The Balaban J connectivity index is 1.57. The van der Waals surface area contributed by atoms with Crippen LogP contribution >= 0.6 is 0 Å². The fraction of sp³-hybridized carbons (Fsp3) is 0.579. The van der Waals surface area contributed by atoms with Crippen molar-refractivity contribution in [3.8, 4) is 0 Å². The first-order valence-electron chi connectivity index (χ1n) is 9.10. The molecule has 0 spiro atoms. The maximum atomic E-state index is 12.3. The summed E-state index contributed by atoms with van der Waals surface area (Å²) in [5.41, 5.74) is 3.38. The van der Waals surface area contributed by atoms with Crippen LogP contribution in [0.3, 0.4) is 0 Å². The number of amides is 1. The molecule has 1 N–H and O–H groups in total. The number of rotatable bonds is 5. The maximum Gasteiger partial charge on any atom is 0.224 e. The van der Waals surface area contributed by atoms with Crippen LogP contribution in [0, 0.1) is 13.8 Å². The topological polar surface area (TPSA) is 81.9 Å². The second-order valence-corrected chi connectivity index (χ2v) is 7.18. The van der Waals surface area contributed by atoms with E-state index in [2.05, 4.69) is 20.4 Å². The highest BCUT2D eigenvalue weighted by molar-refractivity contribution is 5.79. The van der Waals surface area contributed by atoms with Gasteiger partial charge in [0.1, 0.15) is 5.60 Å². The Labute approximate surface area is 154 Å². The van der Waals surface area contributed by atoms with E-state index in [1.165, 1.54) is 0 Å². The van der Waals surface area contributed by atoms with Gasteiger partial charge in [-0.15, -0.1) is 0 Å². The van der Waals surface area contributed by atoms with Crippen LogP contribution in [-0.2, 0) is 35.1 Å². The van der Waals surface area contributed by atoms with Gasteiger partial charge in [-0.05, 0) is 40.0 Å². The molecule has 140 valence electrons. The number of nitrogens with zero attached hydrogens (tertiary/aromatic N) is 4. The molecule has 0 bridgehead atoms. The lowest BCUT2D eigenvalue weighted by molar-refractivity contribution is -0.120. The van der Waals surface area contributed by atoms with Gasteiger partial charge in [0.2, 0.25) is 5.91 Å². The summed E-state index contributed by atoms with van der Waals surface area (Å²) in [7, 11) is 1.89. The molecule has 26 heavy (non-hydrogen) atoms. The van der Waals surface area contributed by atoms with E-state index >= 15 is 0 Å². The highest BCUT2D eigenvalue weighted by Crippen LogP contribution is 2.32. The van der Waals surface area contributed by atoms with E-state index in [0.29, 0.717) is 18.8 Å². The van der Waals surface area contributed by atoms with Crippen molar-refractivity contribution in [1.29, 1.82) is 0 Å². The first kappa shape index (κ1) is 18.5. The monoisotopic (exact) mass is 357 g/mol. The van der Waals surface area contributed by atoms with Crippen molar-refractivity contribution in [1.82, 2.24) is 25.1 Å². The summed E-state index contributed by atoms with van der Waals surface area (Å²) >= 11 is 0. The maximum absolute atomic E-state index is 12.3. The molecule has 2 aromatic heterocycles. The fourth-order valence-electron chi connectivity index (χ4n) is 3.33. The van der Waals surface area contributed by atoms with E-state index in [1.807, 2.05) is 27.8 Å². The molecule has 0 saturated carbocycles. The van der Waals surface area contributed by atoms with E-state index in [9.17, 15) is 4.79 Å². The van der Waals surface area contributed by atoms with E-state index < -0.39 is 5.60 Å². The lowest BCUT2D eigenvalue weighted by Crippen LogP contribution is -2.32. The van der Waals surface area contributed by atoms with Crippen LogP contribution in [0.15, 0.2) is 12.4 Å². The molecule has 7 heteroatoms. The highest BCUT2D eigenvalue weighted by atomic mass is 16.5. The molecule has 1 aliphatic heterocycles. The van der Waals surface area contributed by atoms with Crippen LogP contribution in [0.25, 0.3) is 0 Å². The highest BCUT2D eigenvalue weighted by Gasteiger charge is 2.32. The summed E-state index contributed by atoms with van der Waals surface area (Å²) in [5.74, 6) is 0.685. The van der Waals surface area contributed by atoms with Crippen LogP contribution in [-0.4, -0.2) is 32.3 Å². The molecule has 3 heterocycles. The molecule has 0 aliphatic carbocycles. The Kier molecular flexibility index (Phi) is 5.36. The Morgan fingerprint density at radius 2 is 2.04 bits per heavy atom. The summed E-state index contributed by atoms with van der Waals surface area (Å²) in [5, 5.41) is 7.28. The van der Waals surface area contributed by atoms with Gasteiger partial charge in [-0.25, -0.2) is 9.97 Å². The summed E-state index contributed by atoms with van der Waals surface area (Å²) in [6.45, 7) is 7.11. The minimum absolute atomic E-state index is 0.0316. The number of carbonyl (C=O) groups excluding carboxylic acids is 1. The normalized spacial score (nSPS) is 20.2. The van der Waals surface area contributed by atoms with Gasteiger partial charge in [-0.3, -0.25) is 9.48 Å². The standard InChI is InChI=1S/C19H27N5O2/c1-13-16(14(2)24(4)23-13)9-17(25)20-10-15-11-21-18(22-12-15)19(3)7-5-6-8-26-19/h11-12H,5-10H2,1-4H3,(H,20,25)/t19-/m1/s1. The van der Waals surface area contributed by atoms with Gasteiger partial charge in [0, 0.05) is 49.4 Å². The summed E-state index contributed by atoms with van der Waals surface area (Å²) in [6, 6.07) is 0. The second-order valence-electron chi connectivity index (χ2n) is 7.18. The fourth-order valence-corrected chi connectivity index (χ4v) is 3.33. The van der Waals surface area contributed by atoms with Gasteiger partial charge in [0.05, 0.1) is 12.1 Å². The molecule has 1 saturated heterocycles. The summed E-state index contributed by atoms with van der Waals surface area (Å²) in [4.78, 5) is 21.2. The zero-order chi connectivity index (χ0) is 18.7. The van der Waals surface area contributed by atoms with Crippen molar-refractivity contribution in [2.45, 2.75) is 58.6 Å². The van der Waals surface area contributed by atoms with E-state index in [4.69, 9.17) is 4.74 Å². The lowest BCUT2D eigenvalue weighted by Gasteiger charge is -2.32. The molecule has 3 rings (SSSR count). The number of aryl methyl sites for hydroxylation is 2. The third-order valence-electron chi connectivity index (χ3n) is 5.13. The van der Waals surface area contributed by atoms with Crippen LogP contribution in [0.4, 0.5) is 0 Å². The molecule has 7 nitrogen and oxygen atoms in total. The van der Waals surface area contributed by atoms with Gasteiger partial charge in [0.15, 0.2) is 5.82 Å². The van der Waals surface area contributed by atoms with Gasteiger partial charge < -0.3 is 10.1 Å². The molecule has 1 amide bonds. The molecule has 1 fully saturated rings. The Morgan fingerprint density at radius 1 is 1.31 bits per heavy atom. The lowest BCUT2D eigenvalue weighted by atomic mass is 9.95. The smallest absolute Gasteiger partial charge is 0.224 e. The average molecular weight is 357 g/mol. The van der Waals surface area contributed by atoms with E-state index in [1.54, 1.807) is 17.1 Å². The first-order chi connectivity index (χ1) is 12.4. The van der Waals surface area contributed by atoms with Gasteiger partial charge in [-0.2, -0.15) is 5.10 Å². The zero-order valence-electron chi connectivity index (χ0n) is 16.0. The average Bonchev–Trinajstić information content (AvgIpc) is 2.87. The van der Waals surface area contributed by atoms with Gasteiger partial charge in [-0.1, -0.05) is 0 Å². The predicted octanol–water partition coefficient (Wildman–Crippen LogP) is 2.10. The number of nitrogens with one attached hydrogen (secondary N) is 1. The van der Waals surface area contributed by atoms with Crippen LogP contribution in [0.2, 0.25) is 0 Å². The van der Waals surface area contributed by atoms with Crippen molar-refractivity contribution in [3.63, 3.8) is 0 Å². The molecule has 2 aromatic rings. The minimum atomic E-state index is -0.393. The Bertz CT molecular complexity index is 776. The third-order valence-corrected chi connectivity index (χ3v) is 5.13. The van der Waals surface area contributed by atoms with Crippen molar-refractivity contribution in [2.24, 2.45) is 7.05 Å². The SMILES string of the molecule is Cc1nn(C)c(C)c1CC(=O)NCc1cnc([C@@]2(C)CCCCO2)nc1. The number of hydrogen-bond acceptors (Lipinski definition) is 5. The summed E-state index contributed by atoms with van der Waals surface area (Å²) in [6.07, 6.45) is 7.03. The molecule has 0 radical (unpaired) electrons. The van der Waals surface area contributed by atoms with E-state index in [0.717, 1.165) is 48.4 Å². The minimum Gasteiger partial charge on any atom is -0.367 e. The van der Waals surface area contributed by atoms with Crippen molar-refractivity contribution in [2.75, 3.05) is 6.61 Å². The van der Waals surface area contributed by atoms with Gasteiger partial charge >= 0.3 is 0 Å². The number of carbonyl (C=O) groups is 1. The van der Waals surface area contributed by atoms with Crippen LogP contribution < -0.4 is 5.32 Å². The quantitative estimate of drug-likeness (QED) is 0.886. The van der Waals surface area contributed by atoms with Gasteiger partial charge in [0.25, 0.3) is 0 Å². The summed E-state index contributed by atoms with van der Waals surface area (Å²) < 4.78 is 7.68. The molecule has 0 unspecified atom stereocenters. The molecule has 1 atom stereocenters. The van der Waals surface area contributed by atoms with Crippen molar-refractivity contribution >= 4 is 5.91 Å². The first-order valence-corrected chi connectivity index (χ1v) is 9.10. The molecular weight excluding hydrogens is 330 g/mol. The second kappa shape index (κ2) is 7.53. The van der Waals surface area contributed by atoms with E-state index in [-0.39, 0.29) is 5.91 Å². The molecular formula is C19H27N5O2. The zero-order valence-corrected chi connectivity index (χ0v) is 16.0. The molecule has 1 aliphatic rings. The number of hydrogen-bond donors (Lipinski definition) is 1. The predicted molar refractivity (Wildman–Crippen MR) is 97.4 cm³/mol. The Hall–Kier alpha value is -2.28. The third kappa shape index (κ3) is 3.93. The largest absolute Gasteiger partial charge is 0.367 e. The molecule has 0 aromatic carbocycles. The van der Waals surface area contributed by atoms with Crippen LogP contribution in [0.1, 0.15) is 54.5 Å². The Morgan fingerprint density at radius 3 is 2.62 bits per heavy atom. The van der Waals surface area contributed by atoms with Crippen LogP contribution in [0.5, 0.6) is 0 Å². The van der Waals surface area contributed by atoms with Crippen molar-refractivity contribution < 1.29 is 9.53 Å². The van der Waals surface area contributed by atoms with Crippen molar-refractivity contribution in [3.05, 3.63) is 40.7 Å².